The van der Waals surface area contributed by atoms with Gasteiger partial charge in [0, 0.05) is 11.3 Å². The fourth-order valence-electron chi connectivity index (χ4n) is 2.86. The molecule has 0 aliphatic carbocycles. The number of benzene rings is 2. The van der Waals surface area contributed by atoms with Gasteiger partial charge in [-0.25, -0.2) is 0 Å². The van der Waals surface area contributed by atoms with E-state index in [0.717, 1.165) is 28.3 Å². The van der Waals surface area contributed by atoms with Gasteiger partial charge in [0.1, 0.15) is 5.75 Å². The average molecular weight is 392 g/mol. The molecule has 142 valence electrons. The molecule has 0 fully saturated rings. The lowest BCUT2D eigenvalue weighted by Gasteiger charge is -2.15. The van der Waals surface area contributed by atoms with Crippen LogP contribution in [0, 0.1) is 0 Å². The number of para-hydroxylation sites is 1. The van der Waals surface area contributed by atoms with Crippen molar-refractivity contribution in [2.24, 2.45) is 0 Å². The van der Waals surface area contributed by atoms with E-state index < -0.39 is 0 Å². The number of nitrogens with one attached hydrogen (secondary N) is 1. The molecule has 1 aromatic heterocycles. The highest BCUT2D eigenvalue weighted by molar-refractivity contribution is 7.99. The highest BCUT2D eigenvalue weighted by Gasteiger charge is 2.23. The van der Waals surface area contributed by atoms with Gasteiger partial charge in [-0.1, -0.05) is 55.1 Å². The van der Waals surface area contributed by atoms with Gasteiger partial charge in [-0.05, 0) is 35.6 Å². The molecule has 0 saturated carbocycles. The van der Waals surface area contributed by atoms with Crippen LogP contribution >= 0.6 is 11.8 Å². The lowest BCUT2D eigenvalue weighted by Crippen LogP contribution is -2.23. The predicted molar refractivity (Wildman–Crippen MR) is 112 cm³/mol. The van der Waals surface area contributed by atoms with Crippen LogP contribution in [0.2, 0.25) is 0 Å². The molecule has 0 spiro atoms. The molecule has 1 atom stereocenters. The van der Waals surface area contributed by atoms with Crippen molar-refractivity contribution in [1.29, 1.82) is 0 Å². The number of fused-ring (bicyclic) bond motifs is 3. The molecule has 0 saturated heterocycles. The van der Waals surface area contributed by atoms with E-state index in [1.165, 1.54) is 11.8 Å². The van der Waals surface area contributed by atoms with Crippen molar-refractivity contribution < 1.29 is 9.47 Å². The van der Waals surface area contributed by atoms with Crippen LogP contribution in [0.5, 0.6) is 11.6 Å². The molecule has 0 amide bonds. The number of hydrogen-bond acceptors (Lipinski definition) is 7. The number of anilines is 1. The molecule has 4 rings (SSSR count). The van der Waals surface area contributed by atoms with Gasteiger partial charge in [-0.2, -0.15) is 4.98 Å². The molecule has 1 aliphatic heterocycles. The topological polar surface area (TPSA) is 69.2 Å². The molecule has 1 N–H and O–H groups in total. The third-order valence-corrected chi connectivity index (χ3v) is 4.93. The molecule has 2 aromatic carbocycles. The Morgan fingerprint density at radius 2 is 1.96 bits per heavy atom. The van der Waals surface area contributed by atoms with E-state index in [0.29, 0.717) is 16.7 Å². The number of rotatable bonds is 5. The minimum absolute atomic E-state index is 0.388. The second-order valence-electron chi connectivity index (χ2n) is 6.04. The summed E-state index contributed by atoms with van der Waals surface area (Å²) in [4.78, 5) is 4.57. The molecule has 0 bridgehead atoms. The quantitative estimate of drug-likeness (QED) is 0.641. The Bertz CT molecular complexity index is 992. The Morgan fingerprint density at radius 3 is 2.75 bits per heavy atom. The van der Waals surface area contributed by atoms with E-state index in [2.05, 4.69) is 27.4 Å². The van der Waals surface area contributed by atoms with Crippen LogP contribution in [-0.4, -0.2) is 34.3 Å². The Morgan fingerprint density at radius 1 is 1.14 bits per heavy atom. The van der Waals surface area contributed by atoms with Crippen LogP contribution in [0.1, 0.15) is 12.5 Å². The van der Waals surface area contributed by atoms with Gasteiger partial charge >= 0.3 is 0 Å². The van der Waals surface area contributed by atoms with Crippen molar-refractivity contribution >= 4 is 23.5 Å². The summed E-state index contributed by atoms with van der Waals surface area (Å²) in [6, 6.07) is 15.8. The van der Waals surface area contributed by atoms with E-state index in [1.54, 1.807) is 7.11 Å². The summed E-state index contributed by atoms with van der Waals surface area (Å²) in [5.41, 5.74) is 3.54. The number of methoxy groups -OCH3 is 1. The Kier molecular flexibility index (Phi) is 5.43. The van der Waals surface area contributed by atoms with Crippen LogP contribution < -0.4 is 14.8 Å². The first-order valence-electron chi connectivity index (χ1n) is 8.99. The second-order valence-corrected chi connectivity index (χ2v) is 7.27. The van der Waals surface area contributed by atoms with Crippen LogP contribution in [0.4, 0.5) is 5.69 Å². The monoisotopic (exact) mass is 392 g/mol. The number of nitrogens with zero attached hydrogens (tertiary/aromatic N) is 3. The maximum Gasteiger partial charge on any atom is 0.247 e. The van der Waals surface area contributed by atoms with E-state index in [9.17, 15) is 0 Å². The Labute approximate surface area is 168 Å². The first kappa shape index (κ1) is 18.3. The fraction of sp³-hybridized carbons (Fsp3) is 0.190. The summed E-state index contributed by atoms with van der Waals surface area (Å²) in [7, 11) is 1.66. The number of ether oxygens (including phenoxy) is 2. The first-order valence-corrected chi connectivity index (χ1v) is 9.97. The summed E-state index contributed by atoms with van der Waals surface area (Å²) in [5, 5.41) is 12.6. The van der Waals surface area contributed by atoms with Crippen molar-refractivity contribution in [2.45, 2.75) is 18.3 Å². The summed E-state index contributed by atoms with van der Waals surface area (Å²) < 4.78 is 11.3. The van der Waals surface area contributed by atoms with Gasteiger partial charge in [0.25, 0.3) is 0 Å². The standard InChI is InChI=1S/C21H20N4O2S/c1-3-28-21-23-20-19(24-25-21)16-6-4-5-7-17(16)22-18(27-20)13-10-14-8-11-15(26-2)12-9-14/h4-13,18,22H,3H2,1-2H3. The molecule has 1 aliphatic rings. The zero-order valence-electron chi connectivity index (χ0n) is 15.6. The SMILES string of the molecule is CCSc1nnc2c(n1)OC(C=Cc1ccc(OC)cc1)Nc1ccccc1-2. The van der Waals surface area contributed by atoms with E-state index in [-0.39, 0.29) is 6.23 Å². The molecular formula is C21H20N4O2S. The summed E-state index contributed by atoms with van der Waals surface area (Å²) in [5.74, 6) is 2.18. The van der Waals surface area contributed by atoms with E-state index in [1.807, 2.05) is 60.7 Å². The summed E-state index contributed by atoms with van der Waals surface area (Å²) in [6.07, 6.45) is 3.57. The molecule has 6 nitrogen and oxygen atoms in total. The molecule has 7 heteroatoms. The Hall–Kier alpha value is -3.06. The molecule has 0 radical (unpaired) electrons. The van der Waals surface area contributed by atoms with Gasteiger partial charge in [-0.3, -0.25) is 0 Å². The van der Waals surface area contributed by atoms with Crippen molar-refractivity contribution in [2.75, 3.05) is 18.2 Å². The zero-order valence-corrected chi connectivity index (χ0v) is 16.4. The van der Waals surface area contributed by atoms with Gasteiger partial charge < -0.3 is 14.8 Å². The van der Waals surface area contributed by atoms with Gasteiger partial charge in [0.05, 0.1) is 7.11 Å². The highest BCUT2D eigenvalue weighted by atomic mass is 32.2. The molecule has 3 aromatic rings. The summed E-state index contributed by atoms with van der Waals surface area (Å²) in [6.45, 7) is 2.05. The highest BCUT2D eigenvalue weighted by Crippen LogP contribution is 2.36. The molecule has 1 unspecified atom stereocenters. The fourth-order valence-corrected chi connectivity index (χ4v) is 3.36. The van der Waals surface area contributed by atoms with Gasteiger partial charge in [-0.15, -0.1) is 10.2 Å². The van der Waals surface area contributed by atoms with Crippen molar-refractivity contribution in [3.05, 3.63) is 60.2 Å². The molecule has 2 heterocycles. The third-order valence-electron chi connectivity index (χ3n) is 4.21. The normalized spacial score (nSPS) is 15.1. The number of thioether (sulfide) groups is 1. The van der Waals surface area contributed by atoms with Crippen LogP contribution in [0.3, 0.4) is 0 Å². The smallest absolute Gasteiger partial charge is 0.247 e. The lowest BCUT2D eigenvalue weighted by atomic mass is 10.1. The maximum atomic E-state index is 6.14. The van der Waals surface area contributed by atoms with Crippen LogP contribution in [0.25, 0.3) is 17.3 Å². The Balaban J connectivity index is 1.66. The minimum Gasteiger partial charge on any atom is -0.497 e. The second kappa shape index (κ2) is 8.31. The van der Waals surface area contributed by atoms with Crippen molar-refractivity contribution in [1.82, 2.24) is 15.2 Å². The average Bonchev–Trinajstić information content (AvgIpc) is 2.89. The largest absolute Gasteiger partial charge is 0.497 e. The van der Waals surface area contributed by atoms with E-state index >= 15 is 0 Å². The lowest BCUT2D eigenvalue weighted by molar-refractivity contribution is 0.266. The van der Waals surface area contributed by atoms with Gasteiger partial charge in [0.15, 0.2) is 11.9 Å². The van der Waals surface area contributed by atoms with Gasteiger partial charge in [0.2, 0.25) is 11.0 Å². The zero-order chi connectivity index (χ0) is 19.3. The van der Waals surface area contributed by atoms with Crippen molar-refractivity contribution in [3.8, 4) is 22.9 Å². The van der Waals surface area contributed by atoms with Crippen LogP contribution in [0.15, 0.2) is 59.8 Å². The van der Waals surface area contributed by atoms with Crippen LogP contribution in [-0.2, 0) is 0 Å². The van der Waals surface area contributed by atoms with E-state index in [4.69, 9.17) is 9.47 Å². The molecule has 28 heavy (non-hydrogen) atoms. The maximum absolute atomic E-state index is 6.14. The van der Waals surface area contributed by atoms with Crippen molar-refractivity contribution in [3.63, 3.8) is 0 Å². The predicted octanol–water partition coefficient (Wildman–Crippen LogP) is 4.50. The number of hydrogen-bond donors (Lipinski definition) is 1. The third kappa shape index (κ3) is 3.94. The molecular weight excluding hydrogens is 372 g/mol. The summed E-state index contributed by atoms with van der Waals surface area (Å²) >= 11 is 1.54. The minimum atomic E-state index is -0.388. The number of aromatic nitrogens is 3. The first-order chi connectivity index (χ1) is 13.8.